The molecular formula is C9H11NRu. The molecule has 1 heterocycles. The number of aromatic amines is 1. The average Bonchev–Trinajstić information content (AvgIpc) is 2.44. The third-order valence-corrected chi connectivity index (χ3v) is 0.746. The normalized spacial score (nSPS) is 7.73. The van der Waals surface area contributed by atoms with Crippen LogP contribution in [0.4, 0.5) is 0 Å². The number of nitrogens with one attached hydrogen (secondary N) is 1. The standard InChI is InChI=1S/C5H7.C4H4N.Ru/c1-3-5-4-2;1-2-4-5-3-1;/h1,3-5H,2H3;1-3,5H;/q2*-1;+2/b5-4+;;. The molecule has 0 amide bonds. The van der Waals surface area contributed by atoms with Gasteiger partial charge in [0.15, 0.2) is 0 Å². The Kier molecular flexibility index (Phi) is 14.3. The zero-order valence-electron chi connectivity index (χ0n) is 6.40. The number of hydrogen-bond acceptors (Lipinski definition) is 0. The summed E-state index contributed by atoms with van der Waals surface area (Å²) in [6.45, 7) is 6.85. The topological polar surface area (TPSA) is 15.8 Å². The van der Waals surface area contributed by atoms with E-state index in [0.29, 0.717) is 0 Å². The summed E-state index contributed by atoms with van der Waals surface area (Å²) in [5.74, 6) is 0. The van der Waals surface area contributed by atoms with Crippen molar-refractivity contribution in [2.75, 3.05) is 0 Å². The second-order valence-corrected chi connectivity index (χ2v) is 1.53. The fraction of sp³-hybridized carbons (Fsp3) is 0.111. The number of rotatable bonds is 1. The maximum Gasteiger partial charge on any atom is 2.00 e. The quantitative estimate of drug-likeness (QED) is 0.436. The van der Waals surface area contributed by atoms with E-state index in [0.717, 1.165) is 0 Å². The number of H-pyrrole nitrogens is 1. The van der Waals surface area contributed by atoms with Crippen LogP contribution in [0, 0.1) is 12.8 Å². The molecule has 0 radical (unpaired) electrons. The van der Waals surface area contributed by atoms with Crippen molar-refractivity contribution in [2.45, 2.75) is 6.92 Å². The molecule has 11 heavy (non-hydrogen) atoms. The Hall–Kier alpha value is -0.617. The summed E-state index contributed by atoms with van der Waals surface area (Å²) >= 11 is 0. The van der Waals surface area contributed by atoms with Gasteiger partial charge in [-0.15, -0.1) is 6.20 Å². The first-order valence-electron chi connectivity index (χ1n) is 3.07. The van der Waals surface area contributed by atoms with Crippen molar-refractivity contribution < 1.29 is 19.5 Å². The van der Waals surface area contributed by atoms with Crippen molar-refractivity contribution in [3.8, 4) is 0 Å². The van der Waals surface area contributed by atoms with Crippen molar-refractivity contribution in [2.24, 2.45) is 0 Å². The van der Waals surface area contributed by atoms with Crippen LogP contribution in [-0.2, 0) is 19.5 Å². The van der Waals surface area contributed by atoms with Crippen LogP contribution in [0.1, 0.15) is 6.92 Å². The van der Waals surface area contributed by atoms with Gasteiger partial charge in [-0.2, -0.15) is 24.4 Å². The summed E-state index contributed by atoms with van der Waals surface area (Å²) in [6.07, 6.45) is 9.71. The van der Waals surface area contributed by atoms with Crippen molar-refractivity contribution >= 4 is 0 Å². The average molecular weight is 234 g/mol. The summed E-state index contributed by atoms with van der Waals surface area (Å²) in [5.41, 5.74) is 0. The summed E-state index contributed by atoms with van der Waals surface area (Å²) in [5, 5.41) is 0. The number of hydrogen-bond donors (Lipinski definition) is 1. The maximum absolute atomic E-state index is 4.93. The molecule has 0 aliphatic heterocycles. The van der Waals surface area contributed by atoms with E-state index in [2.05, 4.69) is 11.2 Å². The molecule has 1 aromatic heterocycles. The summed E-state index contributed by atoms with van der Waals surface area (Å²) in [4.78, 5) is 2.74. The Morgan fingerprint density at radius 1 is 1.55 bits per heavy atom. The molecule has 0 aliphatic carbocycles. The smallest absolute Gasteiger partial charge is 0.484 e. The fourth-order valence-electron chi connectivity index (χ4n) is 0.352. The van der Waals surface area contributed by atoms with Gasteiger partial charge in [-0.1, -0.05) is 6.92 Å². The number of aromatic nitrogens is 1. The van der Waals surface area contributed by atoms with Gasteiger partial charge < -0.3 is 4.98 Å². The van der Waals surface area contributed by atoms with Gasteiger partial charge >= 0.3 is 19.5 Å². The van der Waals surface area contributed by atoms with E-state index in [1.165, 1.54) is 6.08 Å². The van der Waals surface area contributed by atoms with Gasteiger partial charge in [0.05, 0.1) is 0 Å². The Labute approximate surface area is 81.0 Å². The van der Waals surface area contributed by atoms with Crippen LogP contribution >= 0.6 is 0 Å². The van der Waals surface area contributed by atoms with E-state index >= 15 is 0 Å². The second kappa shape index (κ2) is 12.1. The first kappa shape index (κ1) is 13.0. The van der Waals surface area contributed by atoms with E-state index < -0.39 is 0 Å². The fourth-order valence-corrected chi connectivity index (χ4v) is 0.352. The number of allylic oxidation sites excluding steroid dienone is 3. The van der Waals surface area contributed by atoms with Gasteiger partial charge in [0.2, 0.25) is 0 Å². The summed E-state index contributed by atoms with van der Waals surface area (Å²) < 4.78 is 0. The van der Waals surface area contributed by atoms with E-state index in [1.54, 1.807) is 6.08 Å². The van der Waals surface area contributed by atoms with E-state index in [4.69, 9.17) is 6.58 Å². The predicted octanol–water partition coefficient (Wildman–Crippen LogP) is 2.36. The Morgan fingerprint density at radius 2 is 2.27 bits per heavy atom. The molecule has 0 aliphatic rings. The molecule has 2 heteroatoms. The van der Waals surface area contributed by atoms with Crippen LogP contribution in [0.5, 0.6) is 0 Å². The van der Waals surface area contributed by atoms with Gasteiger partial charge in [-0.05, 0) is 0 Å². The van der Waals surface area contributed by atoms with Crippen molar-refractivity contribution in [1.29, 1.82) is 0 Å². The Bertz CT molecular complexity index is 148. The first-order chi connectivity index (χ1) is 4.91. The predicted molar refractivity (Wildman–Crippen MR) is 43.3 cm³/mol. The SMILES string of the molecule is [CH-]=C/C=C/C.[Ru+2].[c-]1ccc[nH]1. The molecule has 1 aromatic rings. The molecule has 0 bridgehead atoms. The third-order valence-electron chi connectivity index (χ3n) is 0.746. The second-order valence-electron chi connectivity index (χ2n) is 1.53. The van der Waals surface area contributed by atoms with Crippen LogP contribution < -0.4 is 0 Å². The van der Waals surface area contributed by atoms with E-state index in [-0.39, 0.29) is 19.5 Å². The van der Waals surface area contributed by atoms with Crippen LogP contribution in [-0.4, -0.2) is 4.98 Å². The van der Waals surface area contributed by atoms with Crippen molar-refractivity contribution in [1.82, 2.24) is 4.98 Å². The molecule has 0 unspecified atom stereocenters. The summed E-state index contributed by atoms with van der Waals surface area (Å²) in [6, 6.07) is 3.71. The monoisotopic (exact) mass is 235 g/mol. The molecule has 1 N–H and O–H groups in total. The minimum absolute atomic E-state index is 0. The Morgan fingerprint density at radius 3 is 2.36 bits per heavy atom. The largest absolute Gasteiger partial charge is 2.00 e. The van der Waals surface area contributed by atoms with E-state index in [9.17, 15) is 0 Å². The first-order valence-corrected chi connectivity index (χ1v) is 3.07. The molecule has 0 aromatic carbocycles. The Balaban J connectivity index is 0. The van der Waals surface area contributed by atoms with E-state index in [1.807, 2.05) is 31.3 Å². The summed E-state index contributed by atoms with van der Waals surface area (Å²) in [7, 11) is 0. The minimum atomic E-state index is 0. The van der Waals surface area contributed by atoms with Gasteiger partial charge in [0, 0.05) is 0 Å². The van der Waals surface area contributed by atoms with Gasteiger partial charge in [0.1, 0.15) is 0 Å². The molecule has 60 valence electrons. The molecule has 1 nitrogen and oxygen atoms in total. The zero-order valence-corrected chi connectivity index (χ0v) is 8.13. The zero-order chi connectivity index (χ0) is 7.66. The molecule has 1 rings (SSSR count). The molecule has 0 saturated heterocycles. The van der Waals surface area contributed by atoms with Crippen molar-refractivity contribution in [3.05, 3.63) is 49.3 Å². The molecular weight excluding hydrogens is 223 g/mol. The molecule has 0 atom stereocenters. The van der Waals surface area contributed by atoms with Crippen LogP contribution in [0.3, 0.4) is 0 Å². The minimum Gasteiger partial charge on any atom is -0.484 e. The molecule has 0 fully saturated rings. The van der Waals surface area contributed by atoms with Gasteiger partial charge in [-0.3, -0.25) is 6.58 Å². The van der Waals surface area contributed by atoms with Crippen LogP contribution in [0.25, 0.3) is 0 Å². The van der Waals surface area contributed by atoms with Gasteiger partial charge in [0.25, 0.3) is 0 Å². The van der Waals surface area contributed by atoms with Gasteiger partial charge in [-0.25, -0.2) is 12.2 Å². The molecule has 0 spiro atoms. The molecule has 0 saturated carbocycles. The third kappa shape index (κ3) is 12.6. The van der Waals surface area contributed by atoms with Crippen LogP contribution in [0.2, 0.25) is 0 Å². The van der Waals surface area contributed by atoms with Crippen LogP contribution in [0.15, 0.2) is 36.6 Å². The van der Waals surface area contributed by atoms with Crippen molar-refractivity contribution in [3.63, 3.8) is 0 Å². The maximum atomic E-state index is 4.93.